The number of rotatable bonds is 6. The van der Waals surface area contributed by atoms with Crippen molar-refractivity contribution < 1.29 is 26.3 Å². The van der Waals surface area contributed by atoms with Gasteiger partial charge in [-0.2, -0.15) is 13.2 Å². The van der Waals surface area contributed by atoms with E-state index in [1.54, 1.807) is 5.43 Å². The van der Waals surface area contributed by atoms with Crippen molar-refractivity contribution in [3.8, 4) is 11.4 Å². The van der Waals surface area contributed by atoms with E-state index in [1.165, 1.54) is 35.4 Å². The van der Waals surface area contributed by atoms with Crippen LogP contribution < -0.4 is 17.0 Å². The molecule has 31 heavy (non-hydrogen) atoms. The van der Waals surface area contributed by atoms with Crippen molar-refractivity contribution in [2.45, 2.75) is 19.1 Å². The summed E-state index contributed by atoms with van der Waals surface area (Å²) in [5, 5.41) is 0. The highest BCUT2D eigenvalue weighted by molar-refractivity contribution is 5.69. The van der Waals surface area contributed by atoms with Gasteiger partial charge in [-0.3, -0.25) is 10.8 Å². The van der Waals surface area contributed by atoms with Gasteiger partial charge in [-0.1, -0.05) is 0 Å². The lowest BCUT2D eigenvalue weighted by atomic mass is 10.1. The lowest BCUT2D eigenvalue weighted by molar-refractivity contribution is -0.0961. The summed E-state index contributed by atoms with van der Waals surface area (Å²) >= 11 is 0. The third-order valence-electron chi connectivity index (χ3n) is 4.39. The molecule has 12 heteroatoms. The van der Waals surface area contributed by atoms with Gasteiger partial charge in [0.25, 0.3) is 0 Å². The highest BCUT2D eigenvalue weighted by Crippen LogP contribution is 2.28. The molecule has 1 aromatic carbocycles. The molecule has 3 rings (SSSR count). The van der Waals surface area contributed by atoms with Gasteiger partial charge in [0.15, 0.2) is 5.70 Å². The zero-order valence-corrected chi connectivity index (χ0v) is 15.7. The van der Waals surface area contributed by atoms with Crippen molar-refractivity contribution in [2.75, 3.05) is 0 Å². The standard InChI is InChI=1S/C19H16F6N6/c20-11-6-13(21)12(14(22)7-11)2-4-31-8-16(29-9-31)15-5-10(1-3-28-15)17(26)18(30-27)19(23,24)25/h1,3,5-9,30H,2,4,26-27H2/b18-17-. The second-order valence-corrected chi connectivity index (χ2v) is 6.46. The van der Waals surface area contributed by atoms with E-state index in [1.807, 2.05) is 0 Å². The first-order valence-corrected chi connectivity index (χ1v) is 8.75. The fourth-order valence-corrected chi connectivity index (χ4v) is 2.86. The number of hydrogen-bond donors (Lipinski definition) is 3. The van der Waals surface area contributed by atoms with Crippen LogP contribution in [0, 0.1) is 17.5 Å². The van der Waals surface area contributed by atoms with Crippen LogP contribution in [0.2, 0.25) is 0 Å². The number of imidazole rings is 1. The Labute approximate surface area is 172 Å². The Morgan fingerprint density at radius 3 is 2.32 bits per heavy atom. The topological polar surface area (TPSA) is 94.8 Å². The van der Waals surface area contributed by atoms with Crippen molar-refractivity contribution in [3.63, 3.8) is 0 Å². The Hall–Kier alpha value is -3.54. The summed E-state index contributed by atoms with van der Waals surface area (Å²) < 4.78 is 81.0. The van der Waals surface area contributed by atoms with Crippen LogP contribution in [-0.2, 0) is 13.0 Å². The zero-order chi connectivity index (χ0) is 22.8. The van der Waals surface area contributed by atoms with Crippen molar-refractivity contribution in [1.29, 1.82) is 0 Å². The summed E-state index contributed by atoms with van der Waals surface area (Å²) in [6, 6.07) is 3.76. The zero-order valence-electron chi connectivity index (χ0n) is 15.7. The summed E-state index contributed by atoms with van der Waals surface area (Å²) in [5.74, 6) is 1.94. The van der Waals surface area contributed by atoms with Crippen LogP contribution in [0.3, 0.4) is 0 Å². The Kier molecular flexibility index (Phi) is 6.20. The maximum atomic E-state index is 13.8. The number of hydrazine groups is 1. The molecule has 3 aromatic rings. The Morgan fingerprint density at radius 1 is 1.03 bits per heavy atom. The van der Waals surface area contributed by atoms with Crippen LogP contribution in [0.15, 0.2) is 48.7 Å². The van der Waals surface area contributed by atoms with Crippen molar-refractivity contribution in [2.24, 2.45) is 11.6 Å². The average Bonchev–Trinajstić information content (AvgIpc) is 3.15. The van der Waals surface area contributed by atoms with Gasteiger partial charge >= 0.3 is 6.18 Å². The molecule has 0 saturated heterocycles. The van der Waals surface area contributed by atoms with E-state index in [0.29, 0.717) is 17.8 Å². The van der Waals surface area contributed by atoms with E-state index in [2.05, 4.69) is 9.97 Å². The van der Waals surface area contributed by atoms with Gasteiger partial charge in [-0.15, -0.1) is 0 Å². The fourth-order valence-electron chi connectivity index (χ4n) is 2.86. The number of benzene rings is 1. The molecule has 0 radical (unpaired) electrons. The maximum Gasteiger partial charge on any atom is 0.434 e. The molecule has 0 amide bonds. The van der Waals surface area contributed by atoms with Gasteiger partial charge in [-0.25, -0.2) is 18.2 Å². The minimum atomic E-state index is -4.78. The minimum Gasteiger partial charge on any atom is -0.397 e. The molecule has 6 nitrogen and oxygen atoms in total. The quantitative estimate of drug-likeness (QED) is 0.310. The lowest BCUT2D eigenvalue weighted by Gasteiger charge is -2.14. The van der Waals surface area contributed by atoms with Crippen LogP contribution in [0.5, 0.6) is 0 Å². The van der Waals surface area contributed by atoms with Crippen LogP contribution in [0.1, 0.15) is 11.1 Å². The number of halogens is 6. The molecule has 0 aliphatic heterocycles. The number of alkyl halides is 3. The number of allylic oxidation sites excluding steroid dienone is 1. The smallest absolute Gasteiger partial charge is 0.397 e. The Balaban J connectivity index is 1.82. The maximum absolute atomic E-state index is 13.8. The molecule has 0 fully saturated rings. The summed E-state index contributed by atoms with van der Waals surface area (Å²) in [6.45, 7) is 0.115. The van der Waals surface area contributed by atoms with Gasteiger partial charge in [0.1, 0.15) is 23.1 Å². The normalized spacial score (nSPS) is 12.6. The molecule has 5 N–H and O–H groups in total. The van der Waals surface area contributed by atoms with Crippen molar-refractivity contribution in [1.82, 2.24) is 20.0 Å². The highest BCUT2D eigenvalue weighted by atomic mass is 19.4. The van der Waals surface area contributed by atoms with Crippen LogP contribution in [0.4, 0.5) is 26.3 Å². The SMILES string of the molecule is NN/C(=C(\N)c1ccnc(-c2cn(CCc3c(F)cc(F)cc3F)cn2)c1)C(F)(F)F. The second kappa shape index (κ2) is 8.68. The number of aryl methyl sites for hydroxylation is 1. The highest BCUT2D eigenvalue weighted by Gasteiger charge is 2.36. The lowest BCUT2D eigenvalue weighted by Crippen LogP contribution is -2.34. The van der Waals surface area contributed by atoms with E-state index in [9.17, 15) is 26.3 Å². The fraction of sp³-hybridized carbons (Fsp3) is 0.158. The first kappa shape index (κ1) is 22.2. The molecule has 0 aliphatic carbocycles. The van der Waals surface area contributed by atoms with Gasteiger partial charge < -0.3 is 15.7 Å². The van der Waals surface area contributed by atoms with E-state index in [4.69, 9.17) is 11.6 Å². The number of hydrogen-bond acceptors (Lipinski definition) is 5. The molecule has 0 bridgehead atoms. The average molecular weight is 442 g/mol. The predicted octanol–water partition coefficient (Wildman–Crippen LogP) is 3.26. The third kappa shape index (κ3) is 4.97. The van der Waals surface area contributed by atoms with Gasteiger partial charge in [0.2, 0.25) is 0 Å². The largest absolute Gasteiger partial charge is 0.434 e. The van der Waals surface area contributed by atoms with Gasteiger partial charge in [0, 0.05) is 42.2 Å². The van der Waals surface area contributed by atoms with Crippen LogP contribution in [0.25, 0.3) is 17.1 Å². The van der Waals surface area contributed by atoms with Crippen LogP contribution >= 0.6 is 0 Å². The monoisotopic (exact) mass is 442 g/mol. The Bertz CT molecular complexity index is 1100. The molecule has 0 atom stereocenters. The van der Waals surface area contributed by atoms with Crippen molar-refractivity contribution >= 4 is 5.70 Å². The number of nitrogens with zero attached hydrogens (tertiary/aromatic N) is 3. The summed E-state index contributed by atoms with van der Waals surface area (Å²) in [7, 11) is 0. The van der Waals surface area contributed by atoms with E-state index >= 15 is 0 Å². The molecule has 0 unspecified atom stereocenters. The minimum absolute atomic E-state index is 0.0141. The number of pyridine rings is 1. The molecular weight excluding hydrogens is 426 g/mol. The first-order valence-electron chi connectivity index (χ1n) is 8.75. The molecule has 164 valence electrons. The summed E-state index contributed by atoms with van der Waals surface area (Å²) in [4.78, 5) is 8.17. The number of nitrogens with one attached hydrogen (secondary N) is 1. The van der Waals surface area contributed by atoms with Crippen molar-refractivity contribution in [3.05, 3.63) is 77.3 Å². The molecular formula is C19H16F6N6. The van der Waals surface area contributed by atoms with Gasteiger partial charge in [0.05, 0.1) is 17.7 Å². The van der Waals surface area contributed by atoms with E-state index < -0.39 is 35.0 Å². The number of nitrogens with two attached hydrogens (primary N) is 2. The van der Waals surface area contributed by atoms with E-state index in [0.717, 1.165) is 0 Å². The van der Waals surface area contributed by atoms with Gasteiger partial charge in [-0.05, 0) is 18.6 Å². The molecule has 2 aromatic heterocycles. The molecule has 2 heterocycles. The second-order valence-electron chi connectivity index (χ2n) is 6.46. The summed E-state index contributed by atoms with van der Waals surface area (Å²) in [6.07, 6.45) is -0.741. The molecule has 0 saturated carbocycles. The van der Waals surface area contributed by atoms with E-state index in [-0.39, 0.29) is 29.8 Å². The van der Waals surface area contributed by atoms with Crippen LogP contribution in [-0.4, -0.2) is 20.7 Å². The summed E-state index contributed by atoms with van der Waals surface area (Å²) in [5.41, 5.74) is 5.48. The third-order valence-corrected chi connectivity index (χ3v) is 4.39. The molecule has 0 aliphatic rings. The predicted molar refractivity (Wildman–Crippen MR) is 100.0 cm³/mol. The first-order chi connectivity index (χ1) is 14.6. The Morgan fingerprint density at radius 2 is 1.71 bits per heavy atom. The number of aromatic nitrogens is 3. The molecule has 0 spiro atoms.